The number of hydrogen-bond acceptors (Lipinski definition) is 6. The molecular weight excluding hydrogens is 303 g/mol. The average Bonchev–Trinajstić information content (AvgIpc) is 2.49. The third kappa shape index (κ3) is 3.73. The van der Waals surface area contributed by atoms with E-state index in [1.54, 1.807) is 6.07 Å². The van der Waals surface area contributed by atoms with E-state index in [-0.39, 0.29) is 11.9 Å². The number of nitrogens with zero attached hydrogens (tertiary/aromatic N) is 3. The maximum absolute atomic E-state index is 13.4. The summed E-state index contributed by atoms with van der Waals surface area (Å²) in [5, 5.41) is 3.82. The van der Waals surface area contributed by atoms with Crippen LogP contribution in [0.4, 0.5) is 21.6 Å². The van der Waals surface area contributed by atoms with Gasteiger partial charge in [-0.3, -0.25) is 4.99 Å². The van der Waals surface area contributed by atoms with Crippen LogP contribution < -0.4 is 10.1 Å². The molecule has 0 spiro atoms. The Morgan fingerprint density at radius 2 is 2.14 bits per heavy atom. The smallest absolute Gasteiger partial charge is 0.161 e. The van der Waals surface area contributed by atoms with Gasteiger partial charge in [-0.15, -0.1) is 11.8 Å². The highest BCUT2D eigenvalue weighted by Crippen LogP contribution is 2.35. The fourth-order valence-electron chi connectivity index (χ4n) is 1.82. The number of anilines is 2. The van der Waals surface area contributed by atoms with Crippen molar-refractivity contribution in [3.63, 3.8) is 0 Å². The molecule has 22 heavy (non-hydrogen) atoms. The summed E-state index contributed by atoms with van der Waals surface area (Å²) >= 11 is 1.45. The van der Waals surface area contributed by atoms with Gasteiger partial charge >= 0.3 is 0 Å². The van der Waals surface area contributed by atoms with Crippen molar-refractivity contribution < 1.29 is 9.13 Å². The number of hydrogen-bond donors (Lipinski definition) is 1. The lowest BCUT2D eigenvalue weighted by atomic mass is 10.2. The summed E-state index contributed by atoms with van der Waals surface area (Å²) in [6, 6.07) is 4.29. The van der Waals surface area contributed by atoms with Crippen molar-refractivity contribution in [2.45, 2.75) is 25.0 Å². The predicted molar refractivity (Wildman–Crippen MR) is 88.5 cm³/mol. The lowest BCUT2D eigenvalue weighted by Gasteiger charge is -2.16. The fraction of sp³-hybridized carbons (Fsp3) is 0.267. The summed E-state index contributed by atoms with van der Waals surface area (Å²) in [5.41, 5.74) is 1.15. The van der Waals surface area contributed by atoms with E-state index in [4.69, 9.17) is 4.74 Å². The number of aromatic nitrogens is 2. The van der Waals surface area contributed by atoms with Crippen molar-refractivity contribution in [1.82, 2.24) is 9.97 Å². The molecule has 1 aromatic carbocycles. The van der Waals surface area contributed by atoms with Crippen molar-refractivity contribution in [3.8, 4) is 5.75 Å². The Morgan fingerprint density at radius 3 is 2.77 bits per heavy atom. The van der Waals surface area contributed by atoms with Gasteiger partial charge in [-0.2, -0.15) is 0 Å². The molecule has 0 aliphatic rings. The molecule has 2 aromatic rings. The molecule has 0 saturated heterocycles. The third-order valence-electron chi connectivity index (χ3n) is 2.70. The number of thioether (sulfide) groups is 1. The highest BCUT2D eigenvalue weighted by molar-refractivity contribution is 7.98. The van der Waals surface area contributed by atoms with Crippen LogP contribution in [0.1, 0.15) is 13.8 Å². The lowest BCUT2D eigenvalue weighted by molar-refractivity contribution is 0.243. The Hall–Kier alpha value is -2.15. The van der Waals surface area contributed by atoms with E-state index in [1.165, 1.54) is 30.2 Å². The van der Waals surface area contributed by atoms with E-state index < -0.39 is 0 Å². The molecule has 5 nitrogen and oxygen atoms in total. The van der Waals surface area contributed by atoms with Crippen LogP contribution in [-0.4, -0.2) is 29.0 Å². The Bertz CT molecular complexity index is 679. The summed E-state index contributed by atoms with van der Waals surface area (Å²) in [4.78, 5) is 12.3. The molecule has 0 unspecified atom stereocenters. The number of rotatable bonds is 6. The molecule has 7 heteroatoms. The van der Waals surface area contributed by atoms with Crippen LogP contribution in [0.15, 0.2) is 34.5 Å². The molecular formula is C15H17FN4OS. The Kier molecular flexibility index (Phi) is 5.32. The maximum atomic E-state index is 13.4. The van der Waals surface area contributed by atoms with Gasteiger partial charge in [0.25, 0.3) is 0 Å². The first-order valence-corrected chi connectivity index (χ1v) is 7.86. The number of aliphatic imine (C=N–C) groups is 1. The zero-order valence-corrected chi connectivity index (χ0v) is 13.4. The van der Waals surface area contributed by atoms with Gasteiger partial charge < -0.3 is 10.1 Å². The third-order valence-corrected chi connectivity index (χ3v) is 3.39. The monoisotopic (exact) mass is 320 g/mol. The van der Waals surface area contributed by atoms with Gasteiger partial charge in [-0.05, 0) is 39.0 Å². The molecule has 1 N–H and O–H groups in total. The Morgan fingerprint density at radius 1 is 1.36 bits per heavy atom. The summed E-state index contributed by atoms with van der Waals surface area (Å²) in [6.45, 7) is 7.31. The number of benzene rings is 1. The number of nitrogens with one attached hydrogen (secondary N) is 1. The molecule has 0 aliphatic heterocycles. The van der Waals surface area contributed by atoms with Gasteiger partial charge in [0.15, 0.2) is 5.82 Å². The van der Waals surface area contributed by atoms with Gasteiger partial charge in [-0.1, -0.05) is 0 Å². The van der Waals surface area contributed by atoms with Gasteiger partial charge in [0.05, 0.1) is 11.8 Å². The van der Waals surface area contributed by atoms with Gasteiger partial charge in [0.2, 0.25) is 0 Å². The zero-order valence-electron chi connectivity index (χ0n) is 12.6. The van der Waals surface area contributed by atoms with Crippen molar-refractivity contribution in [2.75, 3.05) is 11.6 Å². The zero-order chi connectivity index (χ0) is 16.1. The van der Waals surface area contributed by atoms with E-state index >= 15 is 0 Å². The van der Waals surface area contributed by atoms with Gasteiger partial charge in [0.1, 0.15) is 28.6 Å². The highest BCUT2D eigenvalue weighted by atomic mass is 32.2. The first-order valence-electron chi connectivity index (χ1n) is 6.64. The van der Waals surface area contributed by atoms with Crippen molar-refractivity contribution >= 4 is 35.7 Å². The molecule has 0 saturated carbocycles. The molecule has 0 amide bonds. The van der Waals surface area contributed by atoms with Crippen LogP contribution in [-0.2, 0) is 0 Å². The Balaban J connectivity index is 2.41. The van der Waals surface area contributed by atoms with Crippen LogP contribution in [0.25, 0.3) is 0 Å². The molecule has 1 aromatic heterocycles. The maximum Gasteiger partial charge on any atom is 0.161 e. The van der Waals surface area contributed by atoms with Crippen molar-refractivity contribution in [2.24, 2.45) is 4.99 Å². The summed E-state index contributed by atoms with van der Waals surface area (Å²) in [7, 11) is 0. The van der Waals surface area contributed by atoms with E-state index in [2.05, 4.69) is 27.0 Å². The molecule has 0 radical (unpaired) electrons. The van der Waals surface area contributed by atoms with E-state index in [0.29, 0.717) is 28.0 Å². The van der Waals surface area contributed by atoms with Gasteiger partial charge in [0, 0.05) is 6.07 Å². The second kappa shape index (κ2) is 7.22. The van der Waals surface area contributed by atoms with Crippen LogP contribution in [0.2, 0.25) is 0 Å². The molecule has 0 fully saturated rings. The molecule has 0 aliphatic carbocycles. The van der Waals surface area contributed by atoms with E-state index in [9.17, 15) is 4.39 Å². The Labute approximate surface area is 133 Å². The first-order chi connectivity index (χ1) is 10.5. The lowest BCUT2D eigenvalue weighted by Crippen LogP contribution is -2.08. The summed E-state index contributed by atoms with van der Waals surface area (Å²) in [6.07, 6.45) is 3.26. The minimum atomic E-state index is -0.365. The first kappa shape index (κ1) is 16.2. The normalized spacial score (nSPS) is 10.6. The van der Waals surface area contributed by atoms with Crippen molar-refractivity contribution in [3.05, 3.63) is 30.3 Å². The van der Waals surface area contributed by atoms with Gasteiger partial charge in [-0.25, -0.2) is 14.4 Å². The molecule has 0 bridgehead atoms. The van der Waals surface area contributed by atoms with Crippen LogP contribution in [0.3, 0.4) is 0 Å². The number of halogens is 1. The second-order valence-electron chi connectivity index (χ2n) is 4.67. The summed E-state index contributed by atoms with van der Waals surface area (Å²) in [5.74, 6) is 0.541. The molecule has 1 heterocycles. The minimum absolute atomic E-state index is 0.0773. The highest BCUT2D eigenvalue weighted by Gasteiger charge is 2.13. The second-order valence-corrected chi connectivity index (χ2v) is 5.47. The SMILES string of the molecule is C=Nc1c(Nc2ccc(F)cc2OC(C)C)ncnc1SC. The standard InChI is InChI=1S/C15H17FN4OS/c1-9(2)21-12-7-10(16)5-6-11(12)20-14-13(17-3)15(22-4)19-8-18-14/h5-9H,3H2,1-2,4H3,(H,18,19,20). The molecule has 116 valence electrons. The molecule has 2 rings (SSSR count). The van der Waals surface area contributed by atoms with E-state index in [0.717, 1.165) is 0 Å². The average molecular weight is 320 g/mol. The van der Waals surface area contributed by atoms with Crippen LogP contribution in [0.5, 0.6) is 5.75 Å². The molecule has 0 atom stereocenters. The van der Waals surface area contributed by atoms with Crippen molar-refractivity contribution in [1.29, 1.82) is 0 Å². The minimum Gasteiger partial charge on any atom is -0.489 e. The number of ether oxygens (including phenoxy) is 1. The topological polar surface area (TPSA) is 59.4 Å². The van der Waals surface area contributed by atoms with Crippen LogP contribution in [0, 0.1) is 5.82 Å². The van der Waals surface area contributed by atoms with E-state index in [1.807, 2.05) is 20.1 Å². The fourth-order valence-corrected chi connectivity index (χ4v) is 2.33. The largest absolute Gasteiger partial charge is 0.489 e. The van der Waals surface area contributed by atoms with Crippen LogP contribution >= 0.6 is 11.8 Å². The summed E-state index contributed by atoms with van der Waals surface area (Å²) < 4.78 is 19.1. The predicted octanol–water partition coefficient (Wildman–Crippen LogP) is 4.20. The quantitative estimate of drug-likeness (QED) is 0.491.